The standard InChI is InChI=1S/C11H13FN2OS/c1-6-5-8(3-4-9(6)12)14-11(15)7(2)10(13)16/h3-5,7H,1-2H3,(H2,13,16)(H,14,15). The lowest BCUT2D eigenvalue weighted by Gasteiger charge is -2.11. The van der Waals surface area contributed by atoms with Crippen molar-refractivity contribution in [3.05, 3.63) is 29.6 Å². The predicted molar refractivity (Wildman–Crippen MR) is 65.7 cm³/mol. The zero-order valence-electron chi connectivity index (χ0n) is 9.08. The molecule has 3 nitrogen and oxygen atoms in total. The van der Waals surface area contributed by atoms with Crippen LogP contribution >= 0.6 is 12.2 Å². The van der Waals surface area contributed by atoms with Gasteiger partial charge in [-0.1, -0.05) is 12.2 Å². The van der Waals surface area contributed by atoms with Gasteiger partial charge in [0.1, 0.15) is 5.82 Å². The molecule has 0 spiro atoms. The van der Waals surface area contributed by atoms with E-state index in [-0.39, 0.29) is 16.7 Å². The number of hydrogen-bond donors (Lipinski definition) is 2. The Balaban J connectivity index is 2.77. The maximum Gasteiger partial charge on any atom is 0.234 e. The van der Waals surface area contributed by atoms with Gasteiger partial charge in [-0.3, -0.25) is 4.79 Å². The molecule has 1 unspecified atom stereocenters. The molecule has 0 aliphatic heterocycles. The van der Waals surface area contributed by atoms with E-state index in [1.165, 1.54) is 12.1 Å². The topological polar surface area (TPSA) is 55.1 Å². The van der Waals surface area contributed by atoms with Crippen LogP contribution in [0.2, 0.25) is 0 Å². The Morgan fingerprint density at radius 1 is 1.56 bits per heavy atom. The molecule has 0 aromatic heterocycles. The van der Waals surface area contributed by atoms with E-state index in [0.717, 1.165) is 0 Å². The fraction of sp³-hybridized carbons (Fsp3) is 0.273. The van der Waals surface area contributed by atoms with Crippen LogP contribution in [0.1, 0.15) is 12.5 Å². The highest BCUT2D eigenvalue weighted by atomic mass is 32.1. The Morgan fingerprint density at radius 2 is 2.19 bits per heavy atom. The van der Waals surface area contributed by atoms with Crippen molar-refractivity contribution < 1.29 is 9.18 Å². The van der Waals surface area contributed by atoms with Crippen molar-refractivity contribution in [1.29, 1.82) is 0 Å². The molecule has 0 aliphatic rings. The highest BCUT2D eigenvalue weighted by Crippen LogP contribution is 2.14. The second kappa shape index (κ2) is 5.03. The van der Waals surface area contributed by atoms with Crippen LogP contribution in [-0.4, -0.2) is 10.9 Å². The summed E-state index contributed by atoms with van der Waals surface area (Å²) < 4.78 is 13.0. The Hall–Kier alpha value is -1.49. The van der Waals surface area contributed by atoms with Crippen molar-refractivity contribution in [3.8, 4) is 0 Å². The summed E-state index contributed by atoms with van der Waals surface area (Å²) in [6.45, 7) is 3.25. The lowest BCUT2D eigenvalue weighted by Crippen LogP contribution is -2.30. The third-order valence-electron chi connectivity index (χ3n) is 2.25. The van der Waals surface area contributed by atoms with E-state index in [0.29, 0.717) is 11.3 Å². The van der Waals surface area contributed by atoms with Crippen LogP contribution in [-0.2, 0) is 4.79 Å². The quantitative estimate of drug-likeness (QED) is 0.794. The predicted octanol–water partition coefficient (Wildman–Crippen LogP) is 1.99. The minimum Gasteiger partial charge on any atom is -0.393 e. The van der Waals surface area contributed by atoms with E-state index >= 15 is 0 Å². The molecule has 0 fully saturated rings. The molecule has 1 aromatic rings. The van der Waals surface area contributed by atoms with E-state index in [4.69, 9.17) is 18.0 Å². The number of hydrogen-bond acceptors (Lipinski definition) is 2. The maximum atomic E-state index is 13.0. The number of aryl methyl sites for hydroxylation is 1. The maximum absolute atomic E-state index is 13.0. The molecule has 16 heavy (non-hydrogen) atoms. The van der Waals surface area contributed by atoms with Crippen LogP contribution < -0.4 is 11.1 Å². The monoisotopic (exact) mass is 240 g/mol. The molecule has 86 valence electrons. The van der Waals surface area contributed by atoms with Gasteiger partial charge in [-0.15, -0.1) is 0 Å². The number of carbonyl (C=O) groups excluding carboxylic acids is 1. The van der Waals surface area contributed by atoms with Crippen molar-refractivity contribution in [2.75, 3.05) is 5.32 Å². The first-order valence-corrected chi connectivity index (χ1v) is 5.19. The molecule has 1 amide bonds. The molecule has 0 saturated carbocycles. The van der Waals surface area contributed by atoms with E-state index < -0.39 is 5.92 Å². The van der Waals surface area contributed by atoms with Gasteiger partial charge in [-0.2, -0.15) is 0 Å². The smallest absolute Gasteiger partial charge is 0.234 e. The summed E-state index contributed by atoms with van der Waals surface area (Å²) in [5.41, 5.74) is 6.36. The zero-order chi connectivity index (χ0) is 12.3. The van der Waals surface area contributed by atoms with Gasteiger partial charge in [0.25, 0.3) is 0 Å². The molecular formula is C11H13FN2OS. The average Bonchev–Trinajstić information content (AvgIpc) is 2.22. The summed E-state index contributed by atoms with van der Waals surface area (Å²) in [5.74, 6) is -1.14. The molecule has 0 bridgehead atoms. The van der Waals surface area contributed by atoms with E-state index in [9.17, 15) is 9.18 Å². The fourth-order valence-electron chi connectivity index (χ4n) is 1.10. The summed E-state index contributed by atoms with van der Waals surface area (Å²) in [6.07, 6.45) is 0. The van der Waals surface area contributed by atoms with Gasteiger partial charge in [0.05, 0.1) is 10.9 Å². The third-order valence-corrected chi connectivity index (χ3v) is 2.60. The van der Waals surface area contributed by atoms with Crippen LogP contribution in [0, 0.1) is 18.7 Å². The molecule has 0 aliphatic carbocycles. The first-order valence-electron chi connectivity index (χ1n) is 4.78. The van der Waals surface area contributed by atoms with Crippen LogP contribution in [0.4, 0.5) is 10.1 Å². The van der Waals surface area contributed by atoms with Crippen molar-refractivity contribution in [1.82, 2.24) is 0 Å². The van der Waals surface area contributed by atoms with Gasteiger partial charge >= 0.3 is 0 Å². The Labute approximate surface area is 98.8 Å². The summed E-state index contributed by atoms with van der Waals surface area (Å²) in [7, 11) is 0. The number of halogens is 1. The normalized spacial score (nSPS) is 11.9. The Kier molecular flexibility index (Phi) is 3.95. The number of anilines is 1. The fourth-order valence-corrected chi connectivity index (χ4v) is 1.21. The number of rotatable bonds is 3. The number of nitrogens with one attached hydrogen (secondary N) is 1. The van der Waals surface area contributed by atoms with Crippen LogP contribution in [0.5, 0.6) is 0 Å². The summed E-state index contributed by atoms with van der Waals surface area (Å²) in [4.78, 5) is 11.7. The zero-order valence-corrected chi connectivity index (χ0v) is 9.90. The van der Waals surface area contributed by atoms with Gasteiger partial charge in [-0.05, 0) is 37.6 Å². The van der Waals surface area contributed by atoms with E-state index in [1.807, 2.05) is 0 Å². The summed E-state index contributed by atoms with van der Waals surface area (Å²) in [5, 5.41) is 2.62. The second-order valence-electron chi connectivity index (χ2n) is 3.58. The molecule has 0 saturated heterocycles. The number of thiocarbonyl (C=S) groups is 1. The summed E-state index contributed by atoms with van der Waals surface area (Å²) >= 11 is 4.71. The van der Waals surface area contributed by atoms with E-state index in [2.05, 4.69) is 5.32 Å². The van der Waals surface area contributed by atoms with E-state index in [1.54, 1.807) is 19.9 Å². The molecule has 1 aromatic carbocycles. The number of amides is 1. The molecule has 0 radical (unpaired) electrons. The molecule has 1 rings (SSSR count). The Bertz CT molecular complexity index is 434. The molecular weight excluding hydrogens is 227 g/mol. The van der Waals surface area contributed by atoms with Gasteiger partial charge in [-0.25, -0.2) is 4.39 Å². The molecule has 5 heteroatoms. The number of benzene rings is 1. The van der Waals surface area contributed by atoms with Gasteiger partial charge < -0.3 is 11.1 Å². The Morgan fingerprint density at radius 3 is 2.69 bits per heavy atom. The first-order chi connectivity index (χ1) is 7.41. The largest absolute Gasteiger partial charge is 0.393 e. The average molecular weight is 240 g/mol. The van der Waals surface area contributed by atoms with Gasteiger partial charge in [0, 0.05) is 5.69 Å². The molecule has 3 N–H and O–H groups in total. The van der Waals surface area contributed by atoms with Crippen molar-refractivity contribution in [2.45, 2.75) is 13.8 Å². The second-order valence-corrected chi connectivity index (χ2v) is 4.05. The van der Waals surface area contributed by atoms with Crippen LogP contribution in [0.3, 0.4) is 0 Å². The van der Waals surface area contributed by atoms with Crippen LogP contribution in [0.25, 0.3) is 0 Å². The minimum absolute atomic E-state index is 0.135. The lowest BCUT2D eigenvalue weighted by molar-refractivity contribution is -0.117. The molecule has 0 heterocycles. The highest BCUT2D eigenvalue weighted by molar-refractivity contribution is 7.80. The molecule has 1 atom stereocenters. The van der Waals surface area contributed by atoms with Gasteiger partial charge in [0.2, 0.25) is 5.91 Å². The third kappa shape index (κ3) is 3.00. The lowest BCUT2D eigenvalue weighted by atomic mass is 10.1. The SMILES string of the molecule is Cc1cc(NC(=O)C(C)C(N)=S)ccc1F. The summed E-state index contributed by atoms with van der Waals surface area (Å²) in [6, 6.07) is 4.35. The van der Waals surface area contributed by atoms with Crippen molar-refractivity contribution >= 4 is 28.8 Å². The van der Waals surface area contributed by atoms with Crippen molar-refractivity contribution in [2.24, 2.45) is 11.7 Å². The number of nitrogens with two attached hydrogens (primary N) is 1. The highest BCUT2D eigenvalue weighted by Gasteiger charge is 2.15. The number of carbonyl (C=O) groups is 1. The van der Waals surface area contributed by atoms with Crippen molar-refractivity contribution in [3.63, 3.8) is 0 Å². The minimum atomic E-state index is -0.541. The first kappa shape index (κ1) is 12.6. The van der Waals surface area contributed by atoms with Gasteiger partial charge in [0.15, 0.2) is 0 Å². The van der Waals surface area contributed by atoms with Crippen LogP contribution in [0.15, 0.2) is 18.2 Å².